The fourth-order valence-electron chi connectivity index (χ4n) is 2.03. The maximum atomic E-state index is 12.8. The van der Waals surface area contributed by atoms with Crippen LogP contribution in [0.1, 0.15) is 18.1 Å². The van der Waals surface area contributed by atoms with Crippen LogP contribution >= 0.6 is 0 Å². The number of hydrogen-bond acceptors (Lipinski definition) is 3. The number of halogens is 1. The minimum absolute atomic E-state index is 0.0498. The van der Waals surface area contributed by atoms with E-state index >= 15 is 0 Å². The molecule has 1 fully saturated rings. The maximum Gasteiger partial charge on any atom is 0.221 e. The predicted octanol–water partition coefficient (Wildman–Crippen LogP) is 0.681. The molecule has 1 aliphatic heterocycles. The minimum atomic E-state index is -0.654. The molecule has 98 valence electrons. The van der Waals surface area contributed by atoms with Crippen LogP contribution in [0.3, 0.4) is 0 Å². The highest BCUT2D eigenvalue weighted by molar-refractivity contribution is 5.76. The van der Waals surface area contributed by atoms with E-state index in [1.54, 1.807) is 12.1 Å². The zero-order valence-corrected chi connectivity index (χ0v) is 10.1. The van der Waals surface area contributed by atoms with E-state index in [-0.39, 0.29) is 11.7 Å². The number of aliphatic hydroxyl groups is 1. The van der Waals surface area contributed by atoms with E-state index in [1.165, 1.54) is 12.1 Å². The zero-order chi connectivity index (χ0) is 13.0. The summed E-state index contributed by atoms with van der Waals surface area (Å²) < 4.78 is 12.8. The summed E-state index contributed by atoms with van der Waals surface area (Å²) in [5.74, 6) is -0.260. The van der Waals surface area contributed by atoms with Gasteiger partial charge in [0.1, 0.15) is 5.82 Å². The van der Waals surface area contributed by atoms with Crippen LogP contribution in [0, 0.1) is 5.82 Å². The number of β-amino-alcohol motifs (C(OH)–C–C–N with tert-alkyl or cyclic N) is 1. The molecule has 1 aliphatic rings. The first-order chi connectivity index (χ1) is 8.65. The summed E-state index contributed by atoms with van der Waals surface area (Å²) in [5.41, 5.74) is 0.694. The first-order valence-corrected chi connectivity index (χ1v) is 6.08. The Morgan fingerprint density at radius 2 is 2.06 bits per heavy atom. The SMILES string of the molecule is O=C1CCN(CC(O)c2ccc(F)cc2)CCN1. The van der Waals surface area contributed by atoms with Crippen LogP contribution in [0.5, 0.6) is 0 Å². The van der Waals surface area contributed by atoms with Crippen molar-refractivity contribution in [2.45, 2.75) is 12.5 Å². The van der Waals surface area contributed by atoms with Gasteiger partial charge in [-0.15, -0.1) is 0 Å². The molecule has 0 aromatic heterocycles. The molecule has 0 spiro atoms. The van der Waals surface area contributed by atoms with Crippen molar-refractivity contribution >= 4 is 5.91 Å². The lowest BCUT2D eigenvalue weighted by Gasteiger charge is -2.22. The quantitative estimate of drug-likeness (QED) is 0.832. The summed E-state index contributed by atoms with van der Waals surface area (Å²) in [6.45, 7) is 2.43. The van der Waals surface area contributed by atoms with Crippen LogP contribution in [-0.4, -0.2) is 42.1 Å². The van der Waals surface area contributed by atoms with Gasteiger partial charge in [-0.3, -0.25) is 9.69 Å². The number of hydrogen-bond donors (Lipinski definition) is 2. The molecule has 1 unspecified atom stereocenters. The highest BCUT2D eigenvalue weighted by Crippen LogP contribution is 2.15. The third-order valence-electron chi connectivity index (χ3n) is 3.09. The molecule has 1 amide bonds. The van der Waals surface area contributed by atoms with Crippen LogP contribution in [0.15, 0.2) is 24.3 Å². The molecule has 4 nitrogen and oxygen atoms in total. The Morgan fingerprint density at radius 1 is 1.33 bits per heavy atom. The van der Waals surface area contributed by atoms with E-state index in [1.807, 2.05) is 4.90 Å². The lowest BCUT2D eigenvalue weighted by molar-refractivity contribution is -0.120. The van der Waals surface area contributed by atoms with Crippen molar-refractivity contribution in [2.24, 2.45) is 0 Å². The summed E-state index contributed by atoms with van der Waals surface area (Å²) >= 11 is 0. The molecule has 0 aliphatic carbocycles. The Balaban J connectivity index is 1.92. The molecule has 2 rings (SSSR count). The van der Waals surface area contributed by atoms with Gasteiger partial charge in [0.2, 0.25) is 5.91 Å². The summed E-state index contributed by atoms with van der Waals surface area (Å²) in [4.78, 5) is 13.2. The molecular weight excluding hydrogens is 235 g/mol. The van der Waals surface area contributed by atoms with Crippen molar-refractivity contribution in [2.75, 3.05) is 26.2 Å². The summed E-state index contributed by atoms with van der Waals surface area (Å²) in [6.07, 6.45) is -0.199. The number of amides is 1. The number of carbonyl (C=O) groups is 1. The number of benzene rings is 1. The van der Waals surface area contributed by atoms with Gasteiger partial charge in [0.25, 0.3) is 0 Å². The molecule has 0 bridgehead atoms. The van der Waals surface area contributed by atoms with Crippen LogP contribution in [0.25, 0.3) is 0 Å². The largest absolute Gasteiger partial charge is 0.387 e. The fourth-order valence-corrected chi connectivity index (χ4v) is 2.03. The van der Waals surface area contributed by atoms with Gasteiger partial charge in [0.15, 0.2) is 0 Å². The molecule has 0 saturated carbocycles. The average molecular weight is 252 g/mol. The Hall–Kier alpha value is -1.46. The lowest BCUT2D eigenvalue weighted by atomic mass is 10.1. The number of carbonyl (C=O) groups excluding carboxylic acids is 1. The summed E-state index contributed by atoms with van der Waals surface area (Å²) in [7, 11) is 0. The van der Waals surface area contributed by atoms with E-state index in [0.29, 0.717) is 31.6 Å². The third-order valence-corrected chi connectivity index (χ3v) is 3.09. The van der Waals surface area contributed by atoms with Crippen molar-refractivity contribution in [3.05, 3.63) is 35.6 Å². The monoisotopic (exact) mass is 252 g/mol. The van der Waals surface area contributed by atoms with Gasteiger partial charge < -0.3 is 10.4 Å². The standard InChI is InChI=1S/C13H17FN2O2/c14-11-3-1-10(2-4-11)12(17)9-16-7-5-13(18)15-6-8-16/h1-4,12,17H,5-9H2,(H,15,18). The second-order valence-corrected chi connectivity index (χ2v) is 4.47. The maximum absolute atomic E-state index is 12.8. The van der Waals surface area contributed by atoms with E-state index in [9.17, 15) is 14.3 Å². The molecule has 18 heavy (non-hydrogen) atoms. The highest BCUT2D eigenvalue weighted by atomic mass is 19.1. The second kappa shape index (κ2) is 5.93. The molecule has 1 heterocycles. The molecule has 1 aromatic carbocycles. The average Bonchev–Trinajstić information content (AvgIpc) is 2.55. The van der Waals surface area contributed by atoms with Crippen molar-refractivity contribution in [3.8, 4) is 0 Å². The topological polar surface area (TPSA) is 52.6 Å². The van der Waals surface area contributed by atoms with Gasteiger partial charge in [-0.05, 0) is 17.7 Å². The van der Waals surface area contributed by atoms with Gasteiger partial charge in [0, 0.05) is 32.6 Å². The molecule has 1 saturated heterocycles. The van der Waals surface area contributed by atoms with Gasteiger partial charge >= 0.3 is 0 Å². The number of nitrogens with zero attached hydrogens (tertiary/aromatic N) is 1. The van der Waals surface area contributed by atoms with E-state index < -0.39 is 6.10 Å². The van der Waals surface area contributed by atoms with Crippen molar-refractivity contribution in [1.82, 2.24) is 10.2 Å². The van der Waals surface area contributed by atoms with E-state index in [0.717, 1.165) is 6.54 Å². The van der Waals surface area contributed by atoms with Crippen molar-refractivity contribution in [1.29, 1.82) is 0 Å². The lowest BCUT2D eigenvalue weighted by Crippen LogP contribution is -2.32. The Kier molecular flexibility index (Phi) is 4.28. The number of nitrogens with one attached hydrogen (secondary N) is 1. The first-order valence-electron chi connectivity index (χ1n) is 6.08. The smallest absolute Gasteiger partial charge is 0.221 e. The van der Waals surface area contributed by atoms with Gasteiger partial charge in [-0.25, -0.2) is 4.39 Å². The van der Waals surface area contributed by atoms with Gasteiger partial charge in [-0.2, -0.15) is 0 Å². The molecular formula is C13H17FN2O2. The first kappa shape index (κ1) is 13.0. The Morgan fingerprint density at radius 3 is 2.78 bits per heavy atom. The molecule has 1 atom stereocenters. The normalized spacial score (nSPS) is 19.1. The van der Waals surface area contributed by atoms with Crippen molar-refractivity contribution < 1.29 is 14.3 Å². The third kappa shape index (κ3) is 3.51. The van der Waals surface area contributed by atoms with Crippen LogP contribution in [0.4, 0.5) is 4.39 Å². The Bertz CT molecular complexity index is 408. The molecule has 2 N–H and O–H groups in total. The molecule has 5 heteroatoms. The predicted molar refractivity (Wildman–Crippen MR) is 65.4 cm³/mol. The van der Waals surface area contributed by atoms with E-state index in [4.69, 9.17) is 0 Å². The number of rotatable bonds is 3. The summed E-state index contributed by atoms with van der Waals surface area (Å²) in [5, 5.41) is 12.8. The van der Waals surface area contributed by atoms with Crippen LogP contribution < -0.4 is 5.32 Å². The second-order valence-electron chi connectivity index (χ2n) is 4.47. The number of aliphatic hydroxyl groups excluding tert-OH is 1. The van der Waals surface area contributed by atoms with Crippen molar-refractivity contribution in [3.63, 3.8) is 0 Å². The fraction of sp³-hybridized carbons (Fsp3) is 0.462. The molecule has 1 aromatic rings. The summed E-state index contributed by atoms with van der Waals surface area (Å²) in [6, 6.07) is 5.85. The van der Waals surface area contributed by atoms with Crippen LogP contribution in [0.2, 0.25) is 0 Å². The van der Waals surface area contributed by atoms with E-state index in [2.05, 4.69) is 5.32 Å². The van der Waals surface area contributed by atoms with Gasteiger partial charge in [-0.1, -0.05) is 12.1 Å². The molecule has 0 radical (unpaired) electrons. The Labute approximate surface area is 105 Å². The van der Waals surface area contributed by atoms with Gasteiger partial charge in [0.05, 0.1) is 6.10 Å². The minimum Gasteiger partial charge on any atom is -0.387 e. The zero-order valence-electron chi connectivity index (χ0n) is 10.1. The highest BCUT2D eigenvalue weighted by Gasteiger charge is 2.17. The van der Waals surface area contributed by atoms with Crippen LogP contribution in [-0.2, 0) is 4.79 Å².